The Morgan fingerprint density at radius 2 is 1.92 bits per heavy atom. The van der Waals surface area contributed by atoms with Gasteiger partial charge in [-0.3, -0.25) is 4.79 Å². The first-order valence-corrected chi connectivity index (χ1v) is 10.6. The molecule has 3 atom stereocenters. The fourth-order valence-electron chi connectivity index (χ4n) is 3.69. The molecule has 0 aliphatic heterocycles. The van der Waals surface area contributed by atoms with E-state index >= 15 is 0 Å². The lowest BCUT2D eigenvalue weighted by Gasteiger charge is -2.37. The lowest BCUT2D eigenvalue weighted by Crippen LogP contribution is -2.45. The van der Waals surface area contributed by atoms with Crippen molar-refractivity contribution in [2.45, 2.75) is 57.9 Å². The maximum Gasteiger partial charge on any atom is 0.251 e. The van der Waals surface area contributed by atoms with Crippen LogP contribution >= 0.6 is 0 Å². The van der Waals surface area contributed by atoms with Crippen LogP contribution in [0, 0.1) is 24.7 Å². The summed E-state index contributed by atoms with van der Waals surface area (Å²) in [6.07, 6.45) is 4.49. The monoisotopic (exact) mass is 351 g/mol. The Morgan fingerprint density at radius 1 is 1.25 bits per heavy atom. The molecule has 1 amide bonds. The molecule has 5 heteroatoms. The Kier molecular flexibility index (Phi) is 5.74. The quantitative estimate of drug-likeness (QED) is 0.901. The predicted molar refractivity (Wildman–Crippen MR) is 96.9 cm³/mol. The van der Waals surface area contributed by atoms with Gasteiger partial charge in [-0.25, -0.2) is 8.42 Å². The first-order valence-electron chi connectivity index (χ1n) is 8.71. The van der Waals surface area contributed by atoms with Crippen LogP contribution in [0.25, 0.3) is 0 Å². The van der Waals surface area contributed by atoms with Crippen molar-refractivity contribution in [3.05, 3.63) is 29.3 Å². The van der Waals surface area contributed by atoms with Crippen molar-refractivity contribution in [1.29, 1.82) is 0 Å². The third kappa shape index (κ3) is 4.38. The second-order valence-corrected chi connectivity index (χ2v) is 9.67. The van der Waals surface area contributed by atoms with Crippen molar-refractivity contribution in [3.63, 3.8) is 0 Å². The van der Waals surface area contributed by atoms with Gasteiger partial charge in [0.1, 0.15) is 0 Å². The molecule has 0 aromatic heterocycles. The van der Waals surface area contributed by atoms with Crippen LogP contribution in [0.3, 0.4) is 0 Å². The van der Waals surface area contributed by atoms with E-state index in [1.165, 1.54) is 12.5 Å². The van der Waals surface area contributed by atoms with Crippen molar-refractivity contribution in [1.82, 2.24) is 5.32 Å². The zero-order valence-electron chi connectivity index (χ0n) is 15.3. The second-order valence-electron chi connectivity index (χ2n) is 7.65. The van der Waals surface area contributed by atoms with E-state index in [2.05, 4.69) is 26.1 Å². The van der Waals surface area contributed by atoms with Gasteiger partial charge in [0.15, 0.2) is 9.84 Å². The molecular weight excluding hydrogens is 322 g/mol. The molecule has 1 aliphatic carbocycles. The number of hydrogen-bond acceptors (Lipinski definition) is 3. The summed E-state index contributed by atoms with van der Waals surface area (Å²) in [6, 6.07) is 4.91. The van der Waals surface area contributed by atoms with Gasteiger partial charge in [-0.15, -0.1) is 0 Å². The zero-order valence-corrected chi connectivity index (χ0v) is 16.1. The van der Waals surface area contributed by atoms with Crippen LogP contribution in [0.5, 0.6) is 0 Å². The molecule has 24 heavy (non-hydrogen) atoms. The Morgan fingerprint density at radius 3 is 2.50 bits per heavy atom. The van der Waals surface area contributed by atoms with E-state index in [9.17, 15) is 13.2 Å². The number of carbonyl (C=O) groups excluding carboxylic acids is 1. The van der Waals surface area contributed by atoms with Gasteiger partial charge in [0, 0.05) is 17.9 Å². The van der Waals surface area contributed by atoms with Crippen LogP contribution in [0.1, 0.15) is 56.0 Å². The van der Waals surface area contributed by atoms with Crippen LogP contribution in [-0.2, 0) is 9.84 Å². The highest BCUT2D eigenvalue weighted by molar-refractivity contribution is 7.90. The topological polar surface area (TPSA) is 63.2 Å². The molecule has 0 heterocycles. The second kappa shape index (κ2) is 7.26. The van der Waals surface area contributed by atoms with E-state index in [-0.39, 0.29) is 16.8 Å². The molecule has 0 bridgehead atoms. The van der Waals surface area contributed by atoms with Crippen molar-refractivity contribution in [3.8, 4) is 0 Å². The zero-order chi connectivity index (χ0) is 18.1. The highest BCUT2D eigenvalue weighted by Crippen LogP contribution is 2.33. The van der Waals surface area contributed by atoms with Crippen LogP contribution in [0.4, 0.5) is 0 Å². The van der Waals surface area contributed by atoms with Crippen LogP contribution in [0.15, 0.2) is 23.1 Å². The van der Waals surface area contributed by atoms with Gasteiger partial charge in [-0.2, -0.15) is 0 Å². The third-order valence-corrected chi connectivity index (χ3v) is 6.33. The van der Waals surface area contributed by atoms with Gasteiger partial charge in [0.25, 0.3) is 5.91 Å². The smallest absolute Gasteiger partial charge is 0.251 e. The Bertz CT molecular complexity index is 709. The fourth-order valence-corrected chi connectivity index (χ4v) is 4.34. The van der Waals surface area contributed by atoms with Gasteiger partial charge in [-0.05, 0) is 55.2 Å². The van der Waals surface area contributed by atoms with E-state index in [0.29, 0.717) is 23.3 Å². The molecular formula is C19H29NO3S. The lowest BCUT2D eigenvalue weighted by molar-refractivity contribution is 0.0867. The number of rotatable bonds is 4. The summed E-state index contributed by atoms with van der Waals surface area (Å²) in [6.45, 7) is 8.47. The summed E-state index contributed by atoms with van der Waals surface area (Å²) in [4.78, 5) is 13.0. The third-order valence-electron chi connectivity index (χ3n) is 5.22. The molecule has 4 nitrogen and oxygen atoms in total. The molecule has 1 saturated carbocycles. The minimum absolute atomic E-state index is 0.155. The highest BCUT2D eigenvalue weighted by atomic mass is 32.2. The number of amides is 1. The predicted octanol–water partition coefficient (Wildman–Crippen LogP) is 3.59. The molecule has 0 saturated heterocycles. The van der Waals surface area contributed by atoms with E-state index < -0.39 is 9.84 Å². The van der Waals surface area contributed by atoms with E-state index in [4.69, 9.17) is 0 Å². The van der Waals surface area contributed by atoms with Gasteiger partial charge in [-0.1, -0.05) is 33.3 Å². The van der Waals surface area contributed by atoms with Crippen LogP contribution in [-0.4, -0.2) is 26.6 Å². The molecule has 1 aliphatic rings. The van der Waals surface area contributed by atoms with E-state index in [1.807, 2.05) is 6.92 Å². The minimum Gasteiger partial charge on any atom is -0.349 e. The number of hydrogen-bond donors (Lipinski definition) is 1. The summed E-state index contributed by atoms with van der Waals surface area (Å²) in [7, 11) is -3.32. The number of sulfone groups is 1. The van der Waals surface area contributed by atoms with Gasteiger partial charge >= 0.3 is 0 Å². The molecule has 1 fully saturated rings. The molecule has 1 aromatic carbocycles. The maximum absolute atomic E-state index is 12.8. The first-order chi connectivity index (χ1) is 11.1. The summed E-state index contributed by atoms with van der Waals surface area (Å²) < 4.78 is 23.5. The summed E-state index contributed by atoms with van der Waals surface area (Å²) in [5.74, 6) is 1.44. The fraction of sp³-hybridized carbons (Fsp3) is 0.632. The van der Waals surface area contributed by atoms with Crippen LogP contribution in [0.2, 0.25) is 0 Å². The van der Waals surface area contributed by atoms with Crippen molar-refractivity contribution in [2.75, 3.05) is 6.26 Å². The number of carbonyl (C=O) groups is 1. The average molecular weight is 352 g/mol. The number of nitrogens with one attached hydrogen (secondary N) is 1. The molecule has 2 rings (SSSR count). The van der Waals surface area contributed by atoms with E-state index in [0.717, 1.165) is 24.7 Å². The molecule has 0 radical (unpaired) electrons. The normalized spacial score (nSPS) is 24.8. The summed E-state index contributed by atoms with van der Waals surface area (Å²) in [5, 5.41) is 3.18. The molecule has 1 N–H and O–H groups in total. The maximum atomic E-state index is 12.8. The highest BCUT2D eigenvalue weighted by Gasteiger charge is 2.32. The summed E-state index contributed by atoms with van der Waals surface area (Å²) >= 11 is 0. The largest absolute Gasteiger partial charge is 0.349 e. The SMILES string of the molecule is Cc1ccc(S(C)(=O)=O)cc1C(=O)NC1CC(C)CCC1C(C)C. The first kappa shape index (κ1) is 19.0. The Hall–Kier alpha value is -1.36. The summed E-state index contributed by atoms with van der Waals surface area (Å²) in [5.41, 5.74) is 1.25. The minimum atomic E-state index is -3.32. The van der Waals surface area contributed by atoms with E-state index in [1.54, 1.807) is 12.1 Å². The van der Waals surface area contributed by atoms with Gasteiger partial charge in [0.05, 0.1) is 4.90 Å². The van der Waals surface area contributed by atoms with Gasteiger partial charge < -0.3 is 5.32 Å². The average Bonchev–Trinajstić information content (AvgIpc) is 2.46. The number of aryl methyl sites for hydroxylation is 1. The molecule has 3 unspecified atom stereocenters. The standard InChI is InChI=1S/C19H29NO3S/c1-12(2)16-9-6-13(3)10-18(16)20-19(21)17-11-15(24(5,22)23)8-7-14(17)4/h7-8,11-13,16,18H,6,9-10H2,1-5H3,(H,20,21). The van der Waals surface area contributed by atoms with Crippen molar-refractivity contribution in [2.24, 2.45) is 17.8 Å². The Labute approximate surface area is 146 Å². The van der Waals surface area contributed by atoms with Crippen molar-refractivity contribution < 1.29 is 13.2 Å². The molecule has 134 valence electrons. The lowest BCUT2D eigenvalue weighted by atomic mass is 9.74. The number of benzene rings is 1. The molecule has 0 spiro atoms. The molecule has 1 aromatic rings. The van der Waals surface area contributed by atoms with Gasteiger partial charge in [0.2, 0.25) is 0 Å². The van der Waals surface area contributed by atoms with Crippen molar-refractivity contribution >= 4 is 15.7 Å². The van der Waals surface area contributed by atoms with Crippen LogP contribution < -0.4 is 5.32 Å². The Balaban J connectivity index is 2.25.